The van der Waals surface area contributed by atoms with Gasteiger partial charge in [-0.3, -0.25) is 0 Å². The number of thiazole rings is 1. The van der Waals surface area contributed by atoms with Crippen LogP contribution in [0.2, 0.25) is 5.15 Å². The second-order valence-electron chi connectivity index (χ2n) is 3.61. The summed E-state index contributed by atoms with van der Waals surface area (Å²) in [6, 6.07) is 3.17. The van der Waals surface area contributed by atoms with Gasteiger partial charge in [-0.05, 0) is 12.1 Å². The molecule has 4 nitrogen and oxygen atoms in total. The van der Waals surface area contributed by atoms with E-state index in [0.29, 0.717) is 11.3 Å². The Hall–Kier alpha value is -1.67. The topological polar surface area (TPSA) is 43.1 Å². The molecule has 19 heavy (non-hydrogen) atoms. The normalized spacial score (nSPS) is 12.2. The van der Waals surface area contributed by atoms with Gasteiger partial charge in [0.25, 0.3) is 0 Å². The first-order chi connectivity index (χ1) is 8.95. The Bertz CT molecular complexity index is 749. The zero-order chi connectivity index (χ0) is 13.6. The van der Waals surface area contributed by atoms with Crippen molar-refractivity contribution in [3.05, 3.63) is 34.6 Å². The SMILES string of the molecule is FC(F)(F)c1csc(-c2cnc3ccc(Cl)nn23)n1. The summed E-state index contributed by atoms with van der Waals surface area (Å²) >= 11 is 6.64. The molecule has 3 aromatic heterocycles. The number of fused-ring (bicyclic) bond motifs is 1. The summed E-state index contributed by atoms with van der Waals surface area (Å²) in [5.41, 5.74) is -0.0642. The summed E-state index contributed by atoms with van der Waals surface area (Å²) in [7, 11) is 0. The number of nitrogens with zero attached hydrogens (tertiary/aromatic N) is 4. The molecule has 0 saturated heterocycles. The van der Waals surface area contributed by atoms with Crippen LogP contribution in [0.4, 0.5) is 13.2 Å². The van der Waals surface area contributed by atoms with Gasteiger partial charge in [0, 0.05) is 5.38 Å². The van der Waals surface area contributed by atoms with Crippen molar-refractivity contribution < 1.29 is 13.2 Å². The molecule has 3 heterocycles. The van der Waals surface area contributed by atoms with E-state index in [-0.39, 0.29) is 10.2 Å². The van der Waals surface area contributed by atoms with Gasteiger partial charge in [0.2, 0.25) is 0 Å². The molecular formula is C10H4ClF3N4S. The third-order valence-electron chi connectivity index (χ3n) is 2.34. The molecule has 0 aliphatic rings. The Morgan fingerprint density at radius 1 is 1.26 bits per heavy atom. The zero-order valence-corrected chi connectivity index (χ0v) is 10.6. The molecule has 0 unspecified atom stereocenters. The molecule has 0 saturated carbocycles. The highest BCUT2D eigenvalue weighted by Gasteiger charge is 2.34. The third-order valence-corrected chi connectivity index (χ3v) is 3.41. The number of alkyl halides is 3. The van der Waals surface area contributed by atoms with Crippen molar-refractivity contribution in [2.24, 2.45) is 0 Å². The maximum Gasteiger partial charge on any atom is 0.434 e. The standard InChI is InChI=1S/C10H4ClF3N4S/c11-7-1-2-8-15-3-5(18(8)17-7)9-16-6(4-19-9)10(12,13)14/h1-4H. The molecule has 3 rings (SSSR count). The fraction of sp³-hybridized carbons (Fsp3) is 0.100. The van der Waals surface area contributed by atoms with Crippen LogP contribution in [-0.4, -0.2) is 19.6 Å². The summed E-state index contributed by atoms with van der Waals surface area (Å²) < 4.78 is 38.9. The van der Waals surface area contributed by atoms with Crippen molar-refractivity contribution in [1.82, 2.24) is 19.6 Å². The Kier molecular flexibility index (Phi) is 2.72. The lowest BCUT2D eigenvalue weighted by Gasteiger charge is -2.00. The van der Waals surface area contributed by atoms with Gasteiger partial charge in [-0.1, -0.05) is 11.6 Å². The molecule has 0 fully saturated rings. The summed E-state index contributed by atoms with van der Waals surface area (Å²) in [4.78, 5) is 7.59. The van der Waals surface area contributed by atoms with Crippen molar-refractivity contribution >= 4 is 28.6 Å². The van der Waals surface area contributed by atoms with Crippen molar-refractivity contribution in [3.63, 3.8) is 0 Å². The van der Waals surface area contributed by atoms with E-state index in [1.165, 1.54) is 10.7 Å². The van der Waals surface area contributed by atoms with Crippen LogP contribution in [0.1, 0.15) is 5.69 Å². The number of halogens is 4. The highest BCUT2D eigenvalue weighted by atomic mass is 35.5. The average Bonchev–Trinajstić information content (AvgIpc) is 2.92. The van der Waals surface area contributed by atoms with Crippen molar-refractivity contribution in [1.29, 1.82) is 0 Å². The summed E-state index contributed by atoms with van der Waals surface area (Å²) in [5.74, 6) is 0. The summed E-state index contributed by atoms with van der Waals surface area (Å²) in [5, 5.41) is 5.36. The molecular weight excluding hydrogens is 301 g/mol. The molecule has 0 aliphatic heterocycles. The van der Waals surface area contributed by atoms with E-state index in [1.54, 1.807) is 12.1 Å². The average molecular weight is 305 g/mol. The molecule has 3 aromatic rings. The fourth-order valence-corrected chi connectivity index (χ4v) is 2.48. The number of hydrogen-bond acceptors (Lipinski definition) is 4. The summed E-state index contributed by atoms with van der Waals surface area (Å²) in [6.07, 6.45) is -3.04. The van der Waals surface area contributed by atoms with Gasteiger partial charge < -0.3 is 0 Å². The first-order valence-corrected chi connectivity index (χ1v) is 6.24. The lowest BCUT2D eigenvalue weighted by molar-refractivity contribution is -0.140. The van der Waals surface area contributed by atoms with Crippen molar-refractivity contribution in [2.45, 2.75) is 6.18 Å². The highest BCUT2D eigenvalue weighted by molar-refractivity contribution is 7.13. The van der Waals surface area contributed by atoms with Gasteiger partial charge in [0.05, 0.1) is 6.20 Å². The van der Waals surface area contributed by atoms with E-state index >= 15 is 0 Å². The zero-order valence-electron chi connectivity index (χ0n) is 9.02. The molecule has 0 radical (unpaired) electrons. The Labute approximate surface area is 113 Å². The van der Waals surface area contributed by atoms with Crippen LogP contribution in [0, 0.1) is 0 Å². The van der Waals surface area contributed by atoms with E-state index in [1.807, 2.05) is 0 Å². The van der Waals surface area contributed by atoms with Gasteiger partial charge in [-0.25, -0.2) is 14.5 Å². The highest BCUT2D eigenvalue weighted by Crippen LogP contribution is 2.33. The van der Waals surface area contributed by atoms with Crippen LogP contribution in [0.25, 0.3) is 16.3 Å². The van der Waals surface area contributed by atoms with Crippen LogP contribution in [0.5, 0.6) is 0 Å². The predicted molar refractivity (Wildman–Crippen MR) is 64.1 cm³/mol. The molecule has 0 aliphatic carbocycles. The smallest absolute Gasteiger partial charge is 0.235 e. The first-order valence-electron chi connectivity index (χ1n) is 4.98. The van der Waals surface area contributed by atoms with Crippen LogP contribution >= 0.6 is 22.9 Å². The van der Waals surface area contributed by atoms with E-state index in [2.05, 4.69) is 15.1 Å². The first kappa shape index (κ1) is 12.4. The van der Waals surface area contributed by atoms with Crippen molar-refractivity contribution in [2.75, 3.05) is 0 Å². The van der Waals surface area contributed by atoms with Crippen LogP contribution in [0.3, 0.4) is 0 Å². The largest absolute Gasteiger partial charge is 0.434 e. The molecule has 0 N–H and O–H groups in total. The maximum absolute atomic E-state index is 12.5. The second kappa shape index (κ2) is 4.17. The number of imidazole rings is 1. The van der Waals surface area contributed by atoms with Crippen molar-refractivity contribution in [3.8, 4) is 10.7 Å². The Morgan fingerprint density at radius 2 is 2.05 bits per heavy atom. The minimum absolute atomic E-state index is 0.189. The molecule has 0 amide bonds. The number of rotatable bonds is 1. The molecule has 0 bridgehead atoms. The van der Waals surface area contributed by atoms with Gasteiger partial charge in [0.15, 0.2) is 11.3 Å². The third kappa shape index (κ3) is 2.17. The lowest BCUT2D eigenvalue weighted by atomic mass is 10.4. The van der Waals surface area contributed by atoms with Gasteiger partial charge in [-0.2, -0.15) is 18.3 Å². The van der Waals surface area contributed by atoms with Crippen LogP contribution < -0.4 is 0 Å². The molecule has 0 aromatic carbocycles. The maximum atomic E-state index is 12.5. The van der Waals surface area contributed by atoms with E-state index in [4.69, 9.17) is 11.6 Å². The van der Waals surface area contributed by atoms with Gasteiger partial charge in [-0.15, -0.1) is 11.3 Å². The summed E-state index contributed by atoms with van der Waals surface area (Å²) in [6.45, 7) is 0. The molecule has 0 atom stereocenters. The van der Waals surface area contributed by atoms with Crippen LogP contribution in [-0.2, 0) is 6.18 Å². The number of aromatic nitrogens is 4. The monoisotopic (exact) mass is 304 g/mol. The Morgan fingerprint density at radius 3 is 2.74 bits per heavy atom. The Balaban J connectivity index is 2.14. The quantitative estimate of drug-likeness (QED) is 0.691. The number of hydrogen-bond donors (Lipinski definition) is 0. The minimum Gasteiger partial charge on any atom is -0.235 e. The van der Waals surface area contributed by atoms with E-state index in [9.17, 15) is 13.2 Å². The van der Waals surface area contributed by atoms with E-state index < -0.39 is 11.9 Å². The predicted octanol–water partition coefficient (Wildman–Crippen LogP) is 3.53. The fourth-order valence-electron chi connectivity index (χ4n) is 1.52. The second-order valence-corrected chi connectivity index (χ2v) is 4.85. The van der Waals surface area contributed by atoms with E-state index in [0.717, 1.165) is 16.7 Å². The van der Waals surface area contributed by atoms with Gasteiger partial charge >= 0.3 is 6.18 Å². The van der Waals surface area contributed by atoms with Gasteiger partial charge in [0.1, 0.15) is 15.9 Å². The minimum atomic E-state index is -4.46. The molecule has 9 heteroatoms. The lowest BCUT2D eigenvalue weighted by Crippen LogP contribution is -2.05. The van der Waals surface area contributed by atoms with Crippen LogP contribution in [0.15, 0.2) is 23.7 Å². The molecule has 0 spiro atoms. The molecule has 98 valence electrons.